The first kappa shape index (κ1) is 42.0. The molecule has 0 spiro atoms. The Bertz CT molecular complexity index is 1740. The van der Waals surface area contributed by atoms with Gasteiger partial charge in [-0.3, -0.25) is 9.69 Å². The van der Waals surface area contributed by atoms with E-state index >= 15 is 0 Å². The molecule has 9 nitrogen and oxygen atoms in total. The Morgan fingerprint density at radius 1 is 0.852 bits per heavy atom. The van der Waals surface area contributed by atoms with Gasteiger partial charge in [-0.1, -0.05) is 6.92 Å². The van der Waals surface area contributed by atoms with E-state index in [1.54, 1.807) is 27.7 Å². The Labute approximate surface area is 305 Å². The lowest BCUT2D eigenvalue weighted by Crippen LogP contribution is -2.48. The number of amides is 1. The molecule has 2 atom stereocenters. The number of halogens is 9. The van der Waals surface area contributed by atoms with Crippen molar-refractivity contribution in [2.75, 3.05) is 23.0 Å². The molecular formula is C36H39F9N4O5. The van der Waals surface area contributed by atoms with Crippen LogP contribution in [-0.4, -0.2) is 46.9 Å². The molecule has 1 amide bonds. The highest BCUT2D eigenvalue weighted by molar-refractivity contribution is 5.90. The summed E-state index contributed by atoms with van der Waals surface area (Å²) < 4.78 is 142. The van der Waals surface area contributed by atoms with Crippen LogP contribution in [0.15, 0.2) is 48.8 Å². The van der Waals surface area contributed by atoms with E-state index in [1.165, 1.54) is 29.1 Å². The number of anilines is 2. The molecule has 0 fully saturated rings. The highest BCUT2D eigenvalue weighted by Gasteiger charge is 2.42. The van der Waals surface area contributed by atoms with Gasteiger partial charge in [-0.05, 0) is 94.5 Å². The Kier molecular flexibility index (Phi) is 12.7. The molecule has 2 aromatic carbocycles. The molecule has 0 bridgehead atoms. The van der Waals surface area contributed by atoms with Crippen molar-refractivity contribution in [2.24, 2.45) is 0 Å². The summed E-state index contributed by atoms with van der Waals surface area (Å²) in [5.41, 5.74) is -5.58. The topological polar surface area (TPSA) is 94.1 Å². The Hall–Kier alpha value is -4.77. The van der Waals surface area contributed by atoms with Gasteiger partial charge in [-0.25, -0.2) is 14.8 Å². The second kappa shape index (κ2) is 16.3. The van der Waals surface area contributed by atoms with Gasteiger partial charge < -0.3 is 19.1 Å². The minimum Gasteiger partial charge on any atom is -0.490 e. The summed E-state index contributed by atoms with van der Waals surface area (Å²) in [4.78, 5) is 36.1. The highest BCUT2D eigenvalue weighted by atomic mass is 19.4. The second-order valence-corrected chi connectivity index (χ2v) is 13.5. The number of fused-ring (bicyclic) bond motifs is 1. The molecule has 1 aliphatic rings. The highest BCUT2D eigenvalue weighted by Crippen LogP contribution is 2.46. The van der Waals surface area contributed by atoms with Crippen LogP contribution in [0.2, 0.25) is 0 Å². The van der Waals surface area contributed by atoms with Crippen molar-refractivity contribution in [1.29, 1.82) is 0 Å². The van der Waals surface area contributed by atoms with Gasteiger partial charge in [-0.2, -0.15) is 39.5 Å². The van der Waals surface area contributed by atoms with Gasteiger partial charge in [-0.15, -0.1) is 0 Å². The van der Waals surface area contributed by atoms with Crippen molar-refractivity contribution >= 4 is 23.7 Å². The van der Waals surface area contributed by atoms with E-state index < -0.39 is 77.1 Å². The zero-order valence-electron chi connectivity index (χ0n) is 30.0. The Balaban J connectivity index is 1.82. The van der Waals surface area contributed by atoms with Crippen LogP contribution in [0.4, 0.5) is 55.9 Å². The zero-order valence-corrected chi connectivity index (χ0v) is 30.0. The summed E-state index contributed by atoms with van der Waals surface area (Å²) in [6.45, 7) is 7.62. The molecule has 296 valence electrons. The molecule has 0 N–H and O–H groups in total. The lowest BCUT2D eigenvalue weighted by molar-refractivity contribution is -0.155. The number of esters is 1. The normalized spacial score (nSPS) is 16.4. The van der Waals surface area contributed by atoms with Crippen LogP contribution in [-0.2, 0) is 39.3 Å². The van der Waals surface area contributed by atoms with Gasteiger partial charge in [0.1, 0.15) is 5.60 Å². The molecule has 2 heterocycles. The van der Waals surface area contributed by atoms with Gasteiger partial charge >= 0.3 is 30.6 Å². The predicted molar refractivity (Wildman–Crippen MR) is 178 cm³/mol. The monoisotopic (exact) mass is 778 g/mol. The number of hydrogen-bond acceptors (Lipinski definition) is 8. The van der Waals surface area contributed by atoms with E-state index in [2.05, 4.69) is 9.97 Å². The first-order valence-corrected chi connectivity index (χ1v) is 16.9. The van der Waals surface area contributed by atoms with Crippen LogP contribution in [0.25, 0.3) is 0 Å². The number of benzene rings is 2. The molecule has 1 aromatic heterocycles. The first-order valence-electron chi connectivity index (χ1n) is 16.9. The largest absolute Gasteiger partial charge is 0.490 e. The van der Waals surface area contributed by atoms with Crippen molar-refractivity contribution in [3.63, 3.8) is 0 Å². The molecule has 0 saturated carbocycles. The van der Waals surface area contributed by atoms with Crippen molar-refractivity contribution in [3.8, 4) is 5.75 Å². The van der Waals surface area contributed by atoms with E-state index in [9.17, 15) is 49.1 Å². The van der Waals surface area contributed by atoms with Crippen molar-refractivity contribution in [3.05, 3.63) is 76.6 Å². The minimum absolute atomic E-state index is 0.000450. The van der Waals surface area contributed by atoms with E-state index in [0.29, 0.717) is 12.1 Å². The molecule has 3 aromatic rings. The molecule has 54 heavy (non-hydrogen) atoms. The summed E-state index contributed by atoms with van der Waals surface area (Å²) in [5, 5.41) is 0. The van der Waals surface area contributed by atoms with E-state index in [-0.39, 0.29) is 67.9 Å². The third kappa shape index (κ3) is 10.7. The molecule has 0 radical (unpaired) electrons. The summed E-state index contributed by atoms with van der Waals surface area (Å²) in [6, 6.07) is 1.67. The third-order valence-corrected chi connectivity index (χ3v) is 8.23. The van der Waals surface area contributed by atoms with Gasteiger partial charge in [0.2, 0.25) is 5.95 Å². The Morgan fingerprint density at radius 3 is 1.96 bits per heavy atom. The number of nitrogens with zero attached hydrogens (tertiary/aromatic N) is 4. The molecule has 0 aliphatic carbocycles. The molecular weight excluding hydrogens is 739 g/mol. The standard InChI is InChI=1S/C36H39F9N4O5/c1-6-25-17-29(27-16-22(34(37,38)39)10-11-28(27)49(25)32(51)52-7-2)48(20-21-13-23(35(40,41)42)15-24(14-21)36(43,44)45)31-46-18-26(19-47-31)53-12-8-9-30(50)54-33(3,4)5/h10-11,13-16,18-19,25,29H,6-9,12,17,20H2,1-5H3/t25-,29+/m1/s1. The number of rotatable bonds is 11. The maximum Gasteiger partial charge on any atom is 0.416 e. The molecule has 4 rings (SSSR count). The second-order valence-electron chi connectivity index (χ2n) is 13.5. The number of hydrogen-bond donors (Lipinski definition) is 0. The van der Waals surface area contributed by atoms with Crippen molar-refractivity contribution < 1.29 is 63.3 Å². The smallest absolute Gasteiger partial charge is 0.416 e. The zero-order chi connectivity index (χ0) is 40.2. The number of carbonyl (C=O) groups excluding carboxylic acids is 2. The summed E-state index contributed by atoms with van der Waals surface area (Å²) in [7, 11) is 0. The van der Waals surface area contributed by atoms with E-state index in [4.69, 9.17) is 14.2 Å². The van der Waals surface area contributed by atoms with Gasteiger partial charge in [0.25, 0.3) is 0 Å². The SMILES string of the molecule is CCOC(=O)N1c2ccc(C(F)(F)F)cc2[C@@H](N(Cc2cc(C(F)(F)F)cc(C(F)(F)F)c2)c2ncc(OCCCC(=O)OC(C)(C)C)cn2)C[C@H]1CC. The number of ether oxygens (including phenoxy) is 3. The first-order chi connectivity index (χ1) is 25.0. The number of carbonyl (C=O) groups is 2. The van der Waals surface area contributed by atoms with Crippen LogP contribution >= 0.6 is 0 Å². The average Bonchev–Trinajstić information content (AvgIpc) is 3.06. The van der Waals surface area contributed by atoms with Crippen molar-refractivity contribution in [1.82, 2.24) is 9.97 Å². The molecule has 18 heteroatoms. The lowest BCUT2D eigenvalue weighted by atomic mass is 9.87. The van der Waals surface area contributed by atoms with Crippen LogP contribution in [0, 0.1) is 0 Å². The fourth-order valence-electron chi connectivity index (χ4n) is 5.95. The summed E-state index contributed by atoms with van der Waals surface area (Å²) >= 11 is 0. The van der Waals surface area contributed by atoms with Crippen molar-refractivity contribution in [2.45, 2.75) is 103 Å². The van der Waals surface area contributed by atoms with Gasteiger partial charge in [0.05, 0.1) is 54.0 Å². The molecule has 1 aliphatic heterocycles. The average molecular weight is 779 g/mol. The van der Waals surface area contributed by atoms with Gasteiger partial charge in [0, 0.05) is 19.0 Å². The lowest BCUT2D eigenvalue weighted by Gasteiger charge is -2.44. The van der Waals surface area contributed by atoms with E-state index in [0.717, 1.165) is 18.2 Å². The van der Waals surface area contributed by atoms with Crippen LogP contribution in [0.5, 0.6) is 5.75 Å². The fourth-order valence-corrected chi connectivity index (χ4v) is 5.95. The summed E-state index contributed by atoms with van der Waals surface area (Å²) in [6.07, 6.45) is -13.3. The maximum atomic E-state index is 14.1. The Morgan fingerprint density at radius 2 is 1.44 bits per heavy atom. The number of aromatic nitrogens is 2. The van der Waals surface area contributed by atoms with Crippen LogP contribution in [0.1, 0.15) is 94.2 Å². The minimum atomic E-state index is -5.17. The summed E-state index contributed by atoms with van der Waals surface area (Å²) in [5.74, 6) is -0.635. The fraction of sp³-hybridized carbons (Fsp3) is 0.500. The van der Waals surface area contributed by atoms with Crippen LogP contribution < -0.4 is 14.5 Å². The maximum absolute atomic E-state index is 14.1. The van der Waals surface area contributed by atoms with Crippen LogP contribution in [0.3, 0.4) is 0 Å². The molecule has 0 unspecified atom stereocenters. The van der Waals surface area contributed by atoms with E-state index in [1.807, 2.05) is 0 Å². The quantitative estimate of drug-likeness (QED) is 0.108. The number of alkyl halides is 9. The van der Waals surface area contributed by atoms with Gasteiger partial charge in [0.15, 0.2) is 5.75 Å². The predicted octanol–water partition coefficient (Wildman–Crippen LogP) is 9.93. The third-order valence-electron chi connectivity index (χ3n) is 8.23. The molecule has 0 saturated heterocycles.